The summed E-state index contributed by atoms with van der Waals surface area (Å²) >= 11 is 0. The quantitative estimate of drug-likeness (QED) is 0.605. The molecular weight excluding hydrogens is 188 g/mol. The van der Waals surface area contributed by atoms with Crippen LogP contribution in [-0.4, -0.2) is 19.5 Å². The first kappa shape index (κ1) is 11.6. The van der Waals surface area contributed by atoms with Gasteiger partial charge in [-0.1, -0.05) is 26.0 Å². The summed E-state index contributed by atoms with van der Waals surface area (Å²) < 4.78 is 5.21. The van der Waals surface area contributed by atoms with E-state index in [1.807, 2.05) is 24.3 Å². The van der Waals surface area contributed by atoms with Crippen molar-refractivity contribution < 1.29 is 4.74 Å². The standard InChI is InChI=1S/C12H18N2O/c1-9(2)8-14-12(13)10-6-4-5-7-11(10)15-3/h4-7,9H,8H2,1-3H3,(H2,13,14). The van der Waals surface area contributed by atoms with Crippen molar-refractivity contribution in [2.45, 2.75) is 13.8 Å². The first-order chi connectivity index (χ1) is 7.15. The second-order valence-electron chi connectivity index (χ2n) is 3.82. The Morgan fingerprint density at radius 2 is 2.07 bits per heavy atom. The minimum Gasteiger partial charge on any atom is -0.496 e. The second-order valence-corrected chi connectivity index (χ2v) is 3.82. The van der Waals surface area contributed by atoms with Gasteiger partial charge in [-0.25, -0.2) is 0 Å². The third-order valence-electron chi connectivity index (χ3n) is 2.01. The number of nitrogens with two attached hydrogens (primary N) is 1. The van der Waals surface area contributed by atoms with Crippen molar-refractivity contribution >= 4 is 5.84 Å². The topological polar surface area (TPSA) is 47.6 Å². The third kappa shape index (κ3) is 3.27. The Balaban J connectivity index is 2.89. The number of ether oxygens (including phenoxy) is 1. The van der Waals surface area contributed by atoms with E-state index in [2.05, 4.69) is 18.8 Å². The van der Waals surface area contributed by atoms with Gasteiger partial charge in [-0.2, -0.15) is 0 Å². The lowest BCUT2D eigenvalue weighted by Gasteiger charge is -2.08. The molecule has 0 saturated heterocycles. The molecule has 0 aliphatic heterocycles. The van der Waals surface area contributed by atoms with Gasteiger partial charge in [0.05, 0.1) is 12.7 Å². The highest BCUT2D eigenvalue weighted by Crippen LogP contribution is 2.16. The Morgan fingerprint density at radius 1 is 1.40 bits per heavy atom. The van der Waals surface area contributed by atoms with Crippen LogP contribution in [0.4, 0.5) is 0 Å². The van der Waals surface area contributed by atoms with E-state index in [4.69, 9.17) is 10.5 Å². The molecule has 0 spiro atoms. The fraction of sp³-hybridized carbons (Fsp3) is 0.417. The third-order valence-corrected chi connectivity index (χ3v) is 2.01. The zero-order valence-corrected chi connectivity index (χ0v) is 9.53. The van der Waals surface area contributed by atoms with Crippen LogP contribution in [0.1, 0.15) is 19.4 Å². The van der Waals surface area contributed by atoms with E-state index in [0.717, 1.165) is 17.9 Å². The molecule has 2 N–H and O–H groups in total. The first-order valence-corrected chi connectivity index (χ1v) is 5.08. The van der Waals surface area contributed by atoms with E-state index in [-0.39, 0.29) is 0 Å². The highest BCUT2D eigenvalue weighted by Gasteiger charge is 2.05. The summed E-state index contributed by atoms with van der Waals surface area (Å²) in [4.78, 5) is 4.32. The lowest BCUT2D eigenvalue weighted by atomic mass is 10.2. The molecule has 0 amide bonds. The van der Waals surface area contributed by atoms with Crippen molar-refractivity contribution in [3.05, 3.63) is 29.8 Å². The summed E-state index contributed by atoms with van der Waals surface area (Å²) in [6.07, 6.45) is 0. The minimum atomic E-state index is 0.512. The van der Waals surface area contributed by atoms with Gasteiger partial charge in [0.25, 0.3) is 0 Å². The molecule has 0 atom stereocenters. The molecule has 1 aromatic rings. The SMILES string of the molecule is COc1ccccc1C(N)=NCC(C)C. The number of benzene rings is 1. The van der Waals surface area contributed by atoms with Gasteiger partial charge in [-0.15, -0.1) is 0 Å². The highest BCUT2D eigenvalue weighted by molar-refractivity contribution is 5.99. The Hall–Kier alpha value is -1.51. The maximum Gasteiger partial charge on any atom is 0.129 e. The van der Waals surface area contributed by atoms with Gasteiger partial charge >= 0.3 is 0 Å². The van der Waals surface area contributed by atoms with Crippen LogP contribution in [0.15, 0.2) is 29.3 Å². The highest BCUT2D eigenvalue weighted by atomic mass is 16.5. The number of methoxy groups -OCH3 is 1. The molecule has 0 aromatic heterocycles. The van der Waals surface area contributed by atoms with Crippen LogP contribution in [0.25, 0.3) is 0 Å². The monoisotopic (exact) mass is 206 g/mol. The number of amidine groups is 1. The van der Waals surface area contributed by atoms with E-state index < -0.39 is 0 Å². The molecule has 0 radical (unpaired) electrons. The van der Waals surface area contributed by atoms with Gasteiger partial charge in [0, 0.05) is 6.54 Å². The fourth-order valence-corrected chi connectivity index (χ4v) is 1.22. The zero-order chi connectivity index (χ0) is 11.3. The lowest BCUT2D eigenvalue weighted by Crippen LogP contribution is -2.16. The van der Waals surface area contributed by atoms with E-state index in [1.165, 1.54) is 0 Å². The van der Waals surface area contributed by atoms with Gasteiger partial charge in [0.1, 0.15) is 11.6 Å². The van der Waals surface area contributed by atoms with Crippen molar-refractivity contribution in [2.75, 3.05) is 13.7 Å². The van der Waals surface area contributed by atoms with Crippen LogP contribution in [0.2, 0.25) is 0 Å². The number of rotatable bonds is 4. The van der Waals surface area contributed by atoms with Crippen LogP contribution < -0.4 is 10.5 Å². The Kier molecular flexibility index (Phi) is 4.16. The first-order valence-electron chi connectivity index (χ1n) is 5.08. The fourth-order valence-electron chi connectivity index (χ4n) is 1.22. The van der Waals surface area contributed by atoms with Gasteiger partial charge in [0.15, 0.2) is 0 Å². The molecular formula is C12H18N2O. The maximum atomic E-state index is 5.89. The zero-order valence-electron chi connectivity index (χ0n) is 9.53. The van der Waals surface area contributed by atoms with E-state index >= 15 is 0 Å². The predicted octanol–water partition coefficient (Wildman–Crippen LogP) is 2.06. The number of hydrogen-bond acceptors (Lipinski definition) is 2. The normalized spacial score (nSPS) is 11.9. The van der Waals surface area contributed by atoms with Gasteiger partial charge in [-0.3, -0.25) is 4.99 Å². The molecule has 0 fully saturated rings. The smallest absolute Gasteiger partial charge is 0.129 e. The second kappa shape index (κ2) is 5.39. The average Bonchev–Trinajstić information content (AvgIpc) is 2.25. The molecule has 15 heavy (non-hydrogen) atoms. The molecule has 0 heterocycles. The lowest BCUT2D eigenvalue weighted by molar-refractivity contribution is 0.414. The minimum absolute atomic E-state index is 0.512. The molecule has 0 aliphatic carbocycles. The molecule has 3 nitrogen and oxygen atoms in total. The van der Waals surface area contributed by atoms with Crippen molar-refractivity contribution in [3.63, 3.8) is 0 Å². The molecule has 0 saturated carbocycles. The van der Waals surface area contributed by atoms with Crippen molar-refractivity contribution in [2.24, 2.45) is 16.6 Å². The number of nitrogens with zero attached hydrogens (tertiary/aromatic N) is 1. The Labute approximate surface area is 91.0 Å². The molecule has 3 heteroatoms. The summed E-state index contributed by atoms with van der Waals surface area (Å²) in [5.41, 5.74) is 6.75. The van der Waals surface area contributed by atoms with E-state index in [9.17, 15) is 0 Å². The number of para-hydroxylation sites is 1. The summed E-state index contributed by atoms with van der Waals surface area (Å²) in [6.45, 7) is 4.96. The Morgan fingerprint density at radius 3 is 2.67 bits per heavy atom. The molecule has 0 bridgehead atoms. The predicted molar refractivity (Wildman–Crippen MR) is 63.4 cm³/mol. The summed E-state index contributed by atoms with van der Waals surface area (Å²) in [6, 6.07) is 7.64. The molecule has 1 aromatic carbocycles. The van der Waals surface area contributed by atoms with Gasteiger partial charge < -0.3 is 10.5 Å². The van der Waals surface area contributed by atoms with Crippen molar-refractivity contribution in [1.82, 2.24) is 0 Å². The van der Waals surface area contributed by atoms with Crippen LogP contribution in [0.5, 0.6) is 5.75 Å². The number of aliphatic imine (C=N–C) groups is 1. The van der Waals surface area contributed by atoms with Crippen LogP contribution in [-0.2, 0) is 0 Å². The average molecular weight is 206 g/mol. The largest absolute Gasteiger partial charge is 0.496 e. The molecule has 0 aliphatic rings. The Bertz CT molecular complexity index is 345. The van der Waals surface area contributed by atoms with Crippen molar-refractivity contribution in [1.29, 1.82) is 0 Å². The van der Waals surface area contributed by atoms with Crippen LogP contribution >= 0.6 is 0 Å². The van der Waals surface area contributed by atoms with Crippen LogP contribution in [0, 0.1) is 5.92 Å². The molecule has 0 unspecified atom stereocenters. The summed E-state index contributed by atoms with van der Waals surface area (Å²) in [7, 11) is 1.63. The summed E-state index contributed by atoms with van der Waals surface area (Å²) in [5, 5.41) is 0. The maximum absolute atomic E-state index is 5.89. The van der Waals surface area contributed by atoms with Gasteiger partial charge in [-0.05, 0) is 18.1 Å². The molecule has 1 rings (SSSR count). The van der Waals surface area contributed by atoms with Crippen LogP contribution in [0.3, 0.4) is 0 Å². The molecule has 82 valence electrons. The number of hydrogen-bond donors (Lipinski definition) is 1. The van der Waals surface area contributed by atoms with Crippen molar-refractivity contribution in [3.8, 4) is 5.75 Å². The van der Waals surface area contributed by atoms with E-state index in [1.54, 1.807) is 7.11 Å². The summed E-state index contributed by atoms with van der Waals surface area (Å²) in [5.74, 6) is 1.82. The van der Waals surface area contributed by atoms with E-state index in [0.29, 0.717) is 11.8 Å². The van der Waals surface area contributed by atoms with Gasteiger partial charge in [0.2, 0.25) is 0 Å².